The van der Waals surface area contributed by atoms with E-state index in [-0.39, 0.29) is 96.2 Å². The van der Waals surface area contributed by atoms with Gasteiger partial charge in [-0.15, -0.1) is 0 Å². The summed E-state index contributed by atoms with van der Waals surface area (Å²) in [6.45, 7) is 2.24. The second-order valence-corrected chi connectivity index (χ2v) is 4.66. The molecule has 1 N–H and O–H groups in total. The van der Waals surface area contributed by atoms with Crippen molar-refractivity contribution in [1.82, 2.24) is 0 Å². The molecule has 0 heterocycles. The smallest absolute Gasteiger partial charge is 1.00 e. The number of carbonyl (C=O) groups excluding carboxylic acids is 1. The number of unbranched alkanes of at least 4 members (excludes halogenated alkanes) is 10. The number of rotatable bonds is 12. The SMILES string of the molecule is CCCCCCCCCCCCCC(=O)[O-].[Cl-].[Cl-].[Cl-].[Cl-].[Cr+3].[Cr+3].[OH-]. The minimum atomic E-state index is -0.907. The third-order valence-electron chi connectivity index (χ3n) is 2.98. The van der Waals surface area contributed by atoms with E-state index in [4.69, 9.17) is 0 Å². The van der Waals surface area contributed by atoms with Crippen LogP contribution in [0.2, 0.25) is 0 Å². The summed E-state index contributed by atoms with van der Waals surface area (Å²) in [7, 11) is 0. The molecule has 0 bridgehead atoms. The molecule has 0 saturated heterocycles. The number of hydrogen-bond acceptors (Lipinski definition) is 3. The number of carbonyl (C=O) groups is 1. The molecule has 0 fully saturated rings. The summed E-state index contributed by atoms with van der Waals surface area (Å²) in [4.78, 5) is 10.1. The van der Waals surface area contributed by atoms with Crippen molar-refractivity contribution in [2.75, 3.05) is 0 Å². The van der Waals surface area contributed by atoms with Gasteiger partial charge in [-0.05, 0) is 12.8 Å². The van der Waals surface area contributed by atoms with Crippen LogP contribution in [-0.2, 0) is 39.5 Å². The Kier molecular flexibility index (Phi) is 94.6. The van der Waals surface area contributed by atoms with E-state index >= 15 is 0 Å². The molecular formula is C14H28Cl4Cr2O3. The second-order valence-electron chi connectivity index (χ2n) is 4.66. The third-order valence-corrected chi connectivity index (χ3v) is 2.98. The number of carboxylic acids is 1. The van der Waals surface area contributed by atoms with E-state index in [2.05, 4.69) is 6.92 Å². The molecule has 0 aliphatic heterocycles. The zero-order valence-electron chi connectivity index (χ0n) is 13.6. The third kappa shape index (κ3) is 51.6. The van der Waals surface area contributed by atoms with Gasteiger partial charge in [-0.25, -0.2) is 0 Å². The van der Waals surface area contributed by atoms with Crippen molar-refractivity contribution < 1.29 is 99.7 Å². The van der Waals surface area contributed by atoms with Crippen LogP contribution in [0.3, 0.4) is 0 Å². The average Bonchev–Trinajstić information content (AvgIpc) is 2.25. The molecule has 0 aromatic rings. The van der Waals surface area contributed by atoms with Crippen LogP contribution in [0.4, 0.5) is 0 Å². The van der Waals surface area contributed by atoms with E-state index < -0.39 is 5.97 Å². The van der Waals surface area contributed by atoms with Crippen molar-refractivity contribution in [1.29, 1.82) is 0 Å². The van der Waals surface area contributed by atoms with Gasteiger partial charge < -0.3 is 65.0 Å². The summed E-state index contributed by atoms with van der Waals surface area (Å²) < 4.78 is 0. The largest absolute Gasteiger partial charge is 3.00 e. The van der Waals surface area contributed by atoms with E-state index in [1.54, 1.807) is 0 Å². The van der Waals surface area contributed by atoms with Gasteiger partial charge in [0.05, 0.1) is 0 Å². The van der Waals surface area contributed by atoms with E-state index in [0.717, 1.165) is 12.8 Å². The summed E-state index contributed by atoms with van der Waals surface area (Å²) in [5.41, 5.74) is 0. The Morgan fingerprint density at radius 2 is 0.913 bits per heavy atom. The quantitative estimate of drug-likeness (QED) is 0.256. The number of carboxylic acid groups (broad SMARTS) is 1. The number of hydrogen-bond donors (Lipinski definition) is 0. The fraction of sp³-hybridized carbons (Fsp3) is 0.929. The van der Waals surface area contributed by atoms with E-state index in [1.165, 1.54) is 57.8 Å². The normalized spacial score (nSPS) is 7.35. The van der Waals surface area contributed by atoms with Crippen molar-refractivity contribution in [3.05, 3.63) is 0 Å². The van der Waals surface area contributed by atoms with Crippen molar-refractivity contribution in [3.8, 4) is 0 Å². The molecule has 3 nitrogen and oxygen atoms in total. The van der Waals surface area contributed by atoms with Gasteiger partial charge in [0.1, 0.15) is 0 Å². The van der Waals surface area contributed by atoms with Crippen LogP contribution < -0.4 is 54.7 Å². The summed E-state index contributed by atoms with van der Waals surface area (Å²) >= 11 is 0. The Bertz CT molecular complexity index is 182. The molecule has 9 heteroatoms. The zero-order chi connectivity index (χ0) is 12.1. The van der Waals surface area contributed by atoms with E-state index in [0.29, 0.717) is 0 Å². The first-order chi connectivity index (χ1) is 7.77. The maximum absolute atomic E-state index is 10.1. The first-order valence-corrected chi connectivity index (χ1v) is 6.97. The van der Waals surface area contributed by atoms with Crippen LogP contribution in [0.15, 0.2) is 0 Å². The average molecular weight is 490 g/mol. The van der Waals surface area contributed by atoms with E-state index in [1.807, 2.05) is 0 Å². The zero-order valence-corrected chi connectivity index (χ0v) is 19.2. The van der Waals surface area contributed by atoms with Gasteiger partial charge in [0.2, 0.25) is 0 Å². The molecule has 0 unspecified atom stereocenters. The molecule has 0 amide bonds. The minimum absolute atomic E-state index is 0. The molecule has 0 aliphatic rings. The van der Waals surface area contributed by atoms with Gasteiger partial charge in [-0.3, -0.25) is 0 Å². The van der Waals surface area contributed by atoms with Gasteiger partial charge >= 0.3 is 34.7 Å². The standard InChI is InChI=1S/C14H28O2.4ClH.2Cr.H2O/c1-2-3-4-5-6-7-8-9-10-11-12-13-14(15)16;;;;;;;/h2-13H2,1H3,(H,15,16);4*1H;;;1H2/q;;;;;2*+3;/p-6. The predicted octanol–water partition coefficient (Wildman–Crippen LogP) is -8.73. The van der Waals surface area contributed by atoms with Crippen LogP contribution in [0, 0.1) is 0 Å². The second kappa shape index (κ2) is 43.8. The number of halogens is 4. The maximum atomic E-state index is 10.1. The Morgan fingerprint density at radius 3 is 1.17 bits per heavy atom. The molecule has 0 spiro atoms. The van der Waals surface area contributed by atoms with Crippen LogP contribution in [0.1, 0.15) is 84.0 Å². The Balaban J connectivity index is -0.0000000536. The fourth-order valence-corrected chi connectivity index (χ4v) is 1.93. The van der Waals surface area contributed by atoms with Gasteiger partial charge in [0.15, 0.2) is 0 Å². The minimum Gasteiger partial charge on any atom is -1.00 e. The Hall–Kier alpha value is 1.65. The summed E-state index contributed by atoms with van der Waals surface area (Å²) in [6.07, 6.45) is 14.0. The molecule has 0 saturated carbocycles. The molecule has 142 valence electrons. The summed E-state index contributed by atoms with van der Waals surface area (Å²) in [5.74, 6) is -0.907. The first-order valence-electron chi connectivity index (χ1n) is 6.97. The van der Waals surface area contributed by atoms with Crippen LogP contribution >= 0.6 is 0 Å². The molecule has 2 radical (unpaired) electrons. The Labute approximate surface area is 188 Å². The molecule has 23 heavy (non-hydrogen) atoms. The molecule has 0 aromatic carbocycles. The Morgan fingerprint density at radius 1 is 0.652 bits per heavy atom. The molecule has 0 rings (SSSR count). The van der Waals surface area contributed by atoms with Crippen molar-refractivity contribution >= 4 is 5.97 Å². The van der Waals surface area contributed by atoms with Crippen molar-refractivity contribution in [2.24, 2.45) is 0 Å². The molecule has 0 aromatic heterocycles. The van der Waals surface area contributed by atoms with Crippen LogP contribution in [-0.4, -0.2) is 11.4 Å². The summed E-state index contributed by atoms with van der Waals surface area (Å²) in [6, 6.07) is 0. The molecule has 0 atom stereocenters. The van der Waals surface area contributed by atoms with Crippen molar-refractivity contribution in [2.45, 2.75) is 84.0 Å². The fourth-order valence-electron chi connectivity index (χ4n) is 1.93. The topological polar surface area (TPSA) is 70.1 Å². The molecule has 0 aliphatic carbocycles. The maximum Gasteiger partial charge on any atom is 3.00 e. The molecular weight excluding hydrogens is 462 g/mol. The van der Waals surface area contributed by atoms with Crippen LogP contribution in [0.5, 0.6) is 0 Å². The monoisotopic (exact) mass is 488 g/mol. The number of aliphatic carboxylic acids is 1. The van der Waals surface area contributed by atoms with Crippen LogP contribution in [0.25, 0.3) is 0 Å². The van der Waals surface area contributed by atoms with Crippen molar-refractivity contribution in [3.63, 3.8) is 0 Å². The van der Waals surface area contributed by atoms with Gasteiger partial charge in [-0.2, -0.15) is 0 Å². The first kappa shape index (κ1) is 49.7. The van der Waals surface area contributed by atoms with Gasteiger partial charge in [0, 0.05) is 5.97 Å². The van der Waals surface area contributed by atoms with Gasteiger partial charge in [0.25, 0.3) is 0 Å². The van der Waals surface area contributed by atoms with Gasteiger partial charge in [-0.1, -0.05) is 71.1 Å². The summed E-state index contributed by atoms with van der Waals surface area (Å²) in [5, 5.41) is 10.1. The predicted molar refractivity (Wildman–Crippen MR) is 68.0 cm³/mol. The van der Waals surface area contributed by atoms with E-state index in [9.17, 15) is 9.90 Å².